The number of non-ortho nitro benzene ring substituents is 1. The zero-order valence-corrected chi connectivity index (χ0v) is 16.3. The topological polar surface area (TPSA) is 92.5 Å². The van der Waals surface area contributed by atoms with Crippen LogP contribution in [0.4, 0.5) is 5.69 Å². The Kier molecular flexibility index (Phi) is 6.39. The lowest BCUT2D eigenvalue weighted by molar-refractivity contribution is -0.384. The summed E-state index contributed by atoms with van der Waals surface area (Å²) < 4.78 is 0. The van der Waals surface area contributed by atoms with E-state index in [9.17, 15) is 19.7 Å². The molecule has 0 aliphatic carbocycles. The first-order valence-corrected chi connectivity index (χ1v) is 9.57. The van der Waals surface area contributed by atoms with Gasteiger partial charge in [-0.1, -0.05) is 29.8 Å². The molecular weight excluding hydrogens is 370 g/mol. The molecule has 0 spiro atoms. The number of piperidine rings is 1. The van der Waals surface area contributed by atoms with Gasteiger partial charge < -0.3 is 10.2 Å². The highest BCUT2D eigenvalue weighted by atomic mass is 16.6. The lowest BCUT2D eigenvalue weighted by atomic mass is 10.1. The Labute approximate surface area is 169 Å². The van der Waals surface area contributed by atoms with E-state index in [4.69, 9.17) is 0 Å². The molecule has 1 fully saturated rings. The van der Waals surface area contributed by atoms with Gasteiger partial charge in [-0.3, -0.25) is 19.7 Å². The molecule has 1 aliphatic rings. The standard InChI is InChI=1S/C22H23N3O4/c1-16-8-10-18(11-9-16)21(26)23-20(22(27)24-12-3-2-4-13-24)15-17-6-5-7-19(14-17)25(28)29/h5-11,14-15H,2-4,12-13H2,1H3,(H,23,26). The third-order valence-electron chi connectivity index (χ3n) is 4.83. The van der Waals surface area contributed by atoms with Crippen molar-refractivity contribution in [1.29, 1.82) is 0 Å². The normalized spacial score (nSPS) is 14.4. The van der Waals surface area contributed by atoms with Crippen molar-refractivity contribution in [1.82, 2.24) is 10.2 Å². The molecule has 0 saturated carbocycles. The van der Waals surface area contributed by atoms with Gasteiger partial charge in [0.25, 0.3) is 17.5 Å². The Morgan fingerprint density at radius 2 is 1.76 bits per heavy atom. The third-order valence-corrected chi connectivity index (χ3v) is 4.83. The monoisotopic (exact) mass is 393 g/mol. The molecule has 2 aromatic rings. The molecule has 1 N–H and O–H groups in total. The second kappa shape index (κ2) is 9.14. The number of carbonyl (C=O) groups excluding carboxylic acids is 2. The van der Waals surface area contributed by atoms with Crippen LogP contribution in [0.5, 0.6) is 0 Å². The Morgan fingerprint density at radius 3 is 2.41 bits per heavy atom. The van der Waals surface area contributed by atoms with E-state index in [1.165, 1.54) is 18.2 Å². The molecule has 1 saturated heterocycles. The van der Waals surface area contributed by atoms with Gasteiger partial charge in [0.2, 0.25) is 0 Å². The summed E-state index contributed by atoms with van der Waals surface area (Å²) in [6.07, 6.45) is 4.41. The van der Waals surface area contributed by atoms with Gasteiger partial charge in [0.1, 0.15) is 5.70 Å². The highest BCUT2D eigenvalue weighted by molar-refractivity contribution is 6.05. The second-order valence-corrected chi connectivity index (χ2v) is 7.08. The fraction of sp³-hybridized carbons (Fsp3) is 0.273. The zero-order chi connectivity index (χ0) is 20.8. The first-order valence-electron chi connectivity index (χ1n) is 9.57. The van der Waals surface area contributed by atoms with Gasteiger partial charge in [0.15, 0.2) is 0 Å². The van der Waals surface area contributed by atoms with E-state index in [1.54, 1.807) is 29.2 Å². The average molecular weight is 393 g/mol. The molecule has 0 atom stereocenters. The van der Waals surface area contributed by atoms with E-state index in [1.807, 2.05) is 19.1 Å². The molecular formula is C22H23N3O4. The molecule has 7 nitrogen and oxygen atoms in total. The van der Waals surface area contributed by atoms with E-state index in [0.29, 0.717) is 24.2 Å². The van der Waals surface area contributed by atoms with Crippen molar-refractivity contribution in [2.75, 3.05) is 13.1 Å². The number of rotatable bonds is 5. The van der Waals surface area contributed by atoms with Gasteiger partial charge in [0, 0.05) is 30.8 Å². The van der Waals surface area contributed by atoms with E-state index >= 15 is 0 Å². The fourth-order valence-corrected chi connectivity index (χ4v) is 3.21. The molecule has 0 unspecified atom stereocenters. The summed E-state index contributed by atoms with van der Waals surface area (Å²) in [6.45, 7) is 3.19. The van der Waals surface area contributed by atoms with Gasteiger partial charge in [-0.15, -0.1) is 0 Å². The summed E-state index contributed by atoms with van der Waals surface area (Å²) >= 11 is 0. The van der Waals surface area contributed by atoms with Crippen molar-refractivity contribution in [3.05, 3.63) is 81.0 Å². The molecule has 1 aliphatic heterocycles. The number of hydrogen-bond donors (Lipinski definition) is 1. The number of hydrogen-bond acceptors (Lipinski definition) is 4. The van der Waals surface area contributed by atoms with Gasteiger partial charge in [-0.25, -0.2) is 0 Å². The molecule has 29 heavy (non-hydrogen) atoms. The van der Waals surface area contributed by atoms with Gasteiger partial charge in [-0.05, 0) is 50.0 Å². The molecule has 2 amide bonds. The molecule has 0 aromatic heterocycles. The fourth-order valence-electron chi connectivity index (χ4n) is 3.21. The van der Waals surface area contributed by atoms with Crippen molar-refractivity contribution in [2.45, 2.75) is 26.2 Å². The number of aryl methyl sites for hydroxylation is 1. The van der Waals surface area contributed by atoms with Crippen LogP contribution in [0.1, 0.15) is 40.7 Å². The van der Waals surface area contributed by atoms with Gasteiger partial charge in [0.05, 0.1) is 4.92 Å². The third kappa shape index (κ3) is 5.28. The Balaban J connectivity index is 1.91. The first kappa shape index (κ1) is 20.3. The van der Waals surface area contributed by atoms with Crippen LogP contribution in [-0.2, 0) is 4.79 Å². The molecule has 1 heterocycles. The second-order valence-electron chi connectivity index (χ2n) is 7.08. The SMILES string of the molecule is Cc1ccc(C(=O)NC(=Cc2cccc([N+](=O)[O-])c2)C(=O)N2CCCCC2)cc1. The minimum absolute atomic E-state index is 0.0756. The van der Waals surface area contributed by atoms with E-state index in [-0.39, 0.29) is 17.3 Å². The molecule has 150 valence electrons. The van der Waals surface area contributed by atoms with Crippen LogP contribution in [0.2, 0.25) is 0 Å². The minimum atomic E-state index is -0.492. The van der Waals surface area contributed by atoms with Crippen LogP contribution in [-0.4, -0.2) is 34.7 Å². The van der Waals surface area contributed by atoms with Crippen LogP contribution >= 0.6 is 0 Å². The average Bonchev–Trinajstić information content (AvgIpc) is 2.74. The van der Waals surface area contributed by atoms with Crippen molar-refractivity contribution in [3.8, 4) is 0 Å². The summed E-state index contributed by atoms with van der Waals surface area (Å²) in [5.74, 6) is -0.677. The van der Waals surface area contributed by atoms with E-state index < -0.39 is 10.8 Å². The van der Waals surface area contributed by atoms with E-state index in [2.05, 4.69) is 5.32 Å². The molecule has 0 bridgehead atoms. The summed E-state index contributed by atoms with van der Waals surface area (Å²) in [7, 11) is 0. The Hall–Kier alpha value is -3.48. The van der Waals surface area contributed by atoms with Crippen molar-refractivity contribution in [2.24, 2.45) is 0 Å². The molecule has 0 radical (unpaired) electrons. The summed E-state index contributed by atoms with van der Waals surface area (Å²) in [5, 5.41) is 13.8. The van der Waals surface area contributed by atoms with Crippen molar-refractivity contribution in [3.63, 3.8) is 0 Å². The number of likely N-dealkylation sites (tertiary alicyclic amines) is 1. The first-order chi connectivity index (χ1) is 13.9. The summed E-state index contributed by atoms with van der Waals surface area (Å²) in [5.41, 5.74) is 1.97. The predicted molar refractivity (Wildman–Crippen MR) is 110 cm³/mol. The molecule has 3 rings (SSSR count). The number of nitrogens with one attached hydrogen (secondary N) is 1. The van der Waals surface area contributed by atoms with Crippen LogP contribution in [0.15, 0.2) is 54.2 Å². The summed E-state index contributed by atoms with van der Waals surface area (Å²) in [4.78, 5) is 38.0. The number of carbonyl (C=O) groups is 2. The van der Waals surface area contributed by atoms with Crippen LogP contribution in [0.25, 0.3) is 6.08 Å². The highest BCUT2D eigenvalue weighted by Gasteiger charge is 2.22. The minimum Gasteiger partial charge on any atom is -0.337 e. The van der Waals surface area contributed by atoms with Crippen LogP contribution < -0.4 is 5.32 Å². The quantitative estimate of drug-likeness (QED) is 0.476. The number of benzene rings is 2. The van der Waals surface area contributed by atoms with Gasteiger partial charge in [-0.2, -0.15) is 0 Å². The van der Waals surface area contributed by atoms with Crippen molar-refractivity contribution >= 4 is 23.6 Å². The number of nitrogens with zero attached hydrogens (tertiary/aromatic N) is 2. The van der Waals surface area contributed by atoms with Gasteiger partial charge >= 0.3 is 0 Å². The Bertz CT molecular complexity index is 945. The maximum atomic E-state index is 13.1. The maximum absolute atomic E-state index is 13.1. The highest BCUT2D eigenvalue weighted by Crippen LogP contribution is 2.18. The number of nitro benzene ring substituents is 1. The number of amides is 2. The van der Waals surface area contributed by atoms with Crippen LogP contribution in [0.3, 0.4) is 0 Å². The lowest BCUT2D eigenvalue weighted by Gasteiger charge is -2.27. The lowest BCUT2D eigenvalue weighted by Crippen LogP contribution is -2.41. The maximum Gasteiger partial charge on any atom is 0.270 e. The summed E-state index contributed by atoms with van der Waals surface area (Å²) in [6, 6.07) is 13.0. The largest absolute Gasteiger partial charge is 0.337 e. The molecule has 2 aromatic carbocycles. The molecule has 7 heteroatoms. The Morgan fingerprint density at radius 1 is 1.07 bits per heavy atom. The smallest absolute Gasteiger partial charge is 0.270 e. The van der Waals surface area contributed by atoms with Crippen LogP contribution in [0, 0.1) is 17.0 Å². The zero-order valence-electron chi connectivity index (χ0n) is 16.3. The van der Waals surface area contributed by atoms with Crippen molar-refractivity contribution < 1.29 is 14.5 Å². The number of nitro groups is 1. The predicted octanol–water partition coefficient (Wildman–Crippen LogP) is 3.69. The van der Waals surface area contributed by atoms with E-state index in [0.717, 1.165) is 24.8 Å².